The molecule has 0 saturated carbocycles. The van der Waals surface area contributed by atoms with Gasteiger partial charge in [-0.3, -0.25) is 0 Å². The van der Waals surface area contributed by atoms with Crippen LogP contribution in [0.15, 0.2) is 66.7 Å². The molecule has 0 bridgehead atoms. The summed E-state index contributed by atoms with van der Waals surface area (Å²) in [5.74, 6) is 0.547. The van der Waals surface area contributed by atoms with Gasteiger partial charge in [0.1, 0.15) is 0 Å². The molecule has 1 aromatic carbocycles. The van der Waals surface area contributed by atoms with Crippen LogP contribution in [0.1, 0.15) is 6.42 Å². The molecular formula is C23H29N7. The van der Waals surface area contributed by atoms with E-state index in [1.54, 1.807) is 6.20 Å². The molecule has 0 spiro atoms. The second kappa shape index (κ2) is 8.39. The number of nitrogens with zero attached hydrogens (tertiary/aromatic N) is 3. The van der Waals surface area contributed by atoms with E-state index in [1.165, 1.54) is 0 Å². The first-order chi connectivity index (χ1) is 14.5. The van der Waals surface area contributed by atoms with Gasteiger partial charge in [0.05, 0.1) is 11.2 Å². The molecule has 0 saturated heterocycles. The fourth-order valence-corrected chi connectivity index (χ4v) is 3.85. The summed E-state index contributed by atoms with van der Waals surface area (Å²) in [4.78, 5) is 14.6. The number of aromatic amines is 1. The summed E-state index contributed by atoms with van der Waals surface area (Å²) in [6.07, 6.45) is 10.9. The molecule has 2 atom stereocenters. The summed E-state index contributed by atoms with van der Waals surface area (Å²) in [6, 6.07) is 9.96. The first-order valence-corrected chi connectivity index (χ1v) is 10.2. The maximum atomic E-state index is 6.53. The number of H-pyrrole nitrogens is 1. The standard InChI is InChI=1S/C23H29N7/c1-25-23(11-13-30(2)3)10-8-16(14-21(23)24)28-22-26-12-9-20(29-22)18-15-27-19-7-5-4-6-17(18)19/h4-10,12,14-15,21,25,27H,11,13,24H2,1-3H3,(H,26,28,29). The average Bonchev–Trinajstić information content (AvgIpc) is 3.18. The molecule has 1 aliphatic carbocycles. The minimum absolute atomic E-state index is 0.160. The van der Waals surface area contributed by atoms with E-state index in [0.29, 0.717) is 5.95 Å². The van der Waals surface area contributed by atoms with E-state index in [0.717, 1.165) is 40.8 Å². The summed E-state index contributed by atoms with van der Waals surface area (Å²) in [5.41, 5.74) is 10.2. The Kier molecular flexibility index (Phi) is 5.67. The van der Waals surface area contributed by atoms with Crippen LogP contribution in [-0.4, -0.2) is 59.1 Å². The van der Waals surface area contributed by atoms with E-state index in [1.807, 2.05) is 37.5 Å². The van der Waals surface area contributed by atoms with Gasteiger partial charge in [-0.05, 0) is 58.4 Å². The Balaban J connectivity index is 1.54. The van der Waals surface area contributed by atoms with Gasteiger partial charge < -0.3 is 26.3 Å². The normalized spacial score (nSPS) is 21.2. The molecule has 5 N–H and O–H groups in total. The minimum atomic E-state index is -0.262. The second-order valence-electron chi connectivity index (χ2n) is 7.96. The predicted molar refractivity (Wildman–Crippen MR) is 123 cm³/mol. The minimum Gasteiger partial charge on any atom is -0.360 e. The fraction of sp³-hybridized carbons (Fsp3) is 0.304. The highest BCUT2D eigenvalue weighted by molar-refractivity contribution is 5.94. The van der Waals surface area contributed by atoms with Crippen LogP contribution in [0, 0.1) is 0 Å². The molecule has 7 heteroatoms. The number of anilines is 1. The summed E-state index contributed by atoms with van der Waals surface area (Å²) in [6.45, 7) is 0.950. The molecule has 7 nitrogen and oxygen atoms in total. The number of nitrogens with one attached hydrogen (secondary N) is 3. The fourth-order valence-electron chi connectivity index (χ4n) is 3.85. The highest BCUT2D eigenvalue weighted by Crippen LogP contribution is 2.28. The largest absolute Gasteiger partial charge is 0.360 e. The zero-order chi connectivity index (χ0) is 21.1. The van der Waals surface area contributed by atoms with Crippen molar-refractivity contribution in [3.63, 3.8) is 0 Å². The van der Waals surface area contributed by atoms with Gasteiger partial charge in [-0.15, -0.1) is 0 Å². The highest BCUT2D eigenvalue weighted by atomic mass is 15.1. The Morgan fingerprint density at radius 2 is 2.07 bits per heavy atom. The quantitative estimate of drug-likeness (QED) is 0.485. The average molecular weight is 404 g/mol. The zero-order valence-corrected chi connectivity index (χ0v) is 17.7. The first kappa shape index (κ1) is 20.3. The second-order valence-corrected chi connectivity index (χ2v) is 7.96. The number of hydrogen-bond acceptors (Lipinski definition) is 6. The number of para-hydroxylation sites is 1. The van der Waals surface area contributed by atoms with Crippen LogP contribution < -0.4 is 16.4 Å². The van der Waals surface area contributed by atoms with Gasteiger partial charge in [0.15, 0.2) is 0 Å². The maximum Gasteiger partial charge on any atom is 0.227 e. The van der Waals surface area contributed by atoms with Gasteiger partial charge in [0.2, 0.25) is 5.95 Å². The number of allylic oxidation sites excluding steroid dienone is 1. The third kappa shape index (κ3) is 4.00. The number of hydrogen-bond donors (Lipinski definition) is 4. The SMILES string of the molecule is CNC1(CCN(C)C)C=CC(Nc2nccc(-c3c[nH]c4ccccc34)n2)=CC1N. The highest BCUT2D eigenvalue weighted by Gasteiger charge is 2.33. The molecule has 0 fully saturated rings. The number of aromatic nitrogens is 3. The zero-order valence-electron chi connectivity index (χ0n) is 17.7. The summed E-state index contributed by atoms with van der Waals surface area (Å²) < 4.78 is 0. The lowest BCUT2D eigenvalue weighted by molar-refractivity contribution is 0.300. The molecule has 1 aliphatic rings. The Bertz CT molecular complexity index is 1080. The summed E-state index contributed by atoms with van der Waals surface area (Å²) >= 11 is 0. The molecule has 0 aliphatic heterocycles. The van der Waals surface area contributed by atoms with Crippen molar-refractivity contribution < 1.29 is 0 Å². The Labute approximate surface area is 177 Å². The number of fused-ring (bicyclic) bond motifs is 1. The van der Waals surface area contributed by atoms with E-state index in [-0.39, 0.29) is 11.6 Å². The maximum absolute atomic E-state index is 6.53. The van der Waals surface area contributed by atoms with Crippen LogP contribution in [0.5, 0.6) is 0 Å². The number of nitrogens with two attached hydrogens (primary N) is 1. The van der Waals surface area contributed by atoms with Crippen molar-refractivity contribution in [1.29, 1.82) is 0 Å². The van der Waals surface area contributed by atoms with E-state index >= 15 is 0 Å². The van der Waals surface area contributed by atoms with Crippen molar-refractivity contribution in [3.05, 3.63) is 66.7 Å². The number of benzene rings is 1. The first-order valence-electron chi connectivity index (χ1n) is 10.2. The molecule has 156 valence electrons. The topological polar surface area (TPSA) is 94.9 Å². The van der Waals surface area contributed by atoms with Gasteiger partial charge in [0, 0.05) is 40.6 Å². The predicted octanol–water partition coefficient (Wildman–Crippen LogP) is 2.73. The lowest BCUT2D eigenvalue weighted by Crippen LogP contribution is -2.57. The van der Waals surface area contributed by atoms with E-state index < -0.39 is 0 Å². The van der Waals surface area contributed by atoms with E-state index in [9.17, 15) is 0 Å². The van der Waals surface area contributed by atoms with Gasteiger partial charge >= 0.3 is 0 Å². The van der Waals surface area contributed by atoms with Crippen LogP contribution in [0.25, 0.3) is 22.2 Å². The van der Waals surface area contributed by atoms with E-state index in [2.05, 4.69) is 63.9 Å². The van der Waals surface area contributed by atoms with Crippen molar-refractivity contribution >= 4 is 16.9 Å². The molecule has 4 rings (SSSR count). The van der Waals surface area contributed by atoms with Crippen molar-refractivity contribution in [2.45, 2.75) is 18.0 Å². The van der Waals surface area contributed by atoms with Crippen LogP contribution in [0.2, 0.25) is 0 Å². The molecule has 30 heavy (non-hydrogen) atoms. The van der Waals surface area contributed by atoms with Crippen LogP contribution >= 0.6 is 0 Å². The van der Waals surface area contributed by atoms with Gasteiger partial charge in [-0.1, -0.05) is 24.3 Å². The summed E-state index contributed by atoms with van der Waals surface area (Å²) in [7, 11) is 6.10. The lowest BCUT2D eigenvalue weighted by atomic mass is 9.83. The van der Waals surface area contributed by atoms with Crippen LogP contribution in [0.4, 0.5) is 5.95 Å². The molecule has 3 aromatic rings. The molecule has 2 heterocycles. The smallest absolute Gasteiger partial charge is 0.227 e. The Morgan fingerprint density at radius 3 is 2.83 bits per heavy atom. The van der Waals surface area contributed by atoms with Gasteiger partial charge in [-0.2, -0.15) is 0 Å². The molecule has 0 amide bonds. The Morgan fingerprint density at radius 1 is 1.23 bits per heavy atom. The van der Waals surface area contributed by atoms with Crippen molar-refractivity contribution in [1.82, 2.24) is 25.2 Å². The molecular weight excluding hydrogens is 374 g/mol. The van der Waals surface area contributed by atoms with E-state index in [4.69, 9.17) is 10.7 Å². The number of likely N-dealkylation sites (N-methyl/N-ethyl adjacent to an activating group) is 1. The monoisotopic (exact) mass is 403 g/mol. The molecule has 2 aromatic heterocycles. The summed E-state index contributed by atoms with van der Waals surface area (Å²) in [5, 5.41) is 7.86. The lowest BCUT2D eigenvalue weighted by Gasteiger charge is -2.38. The van der Waals surface area contributed by atoms with Crippen molar-refractivity contribution in [2.24, 2.45) is 5.73 Å². The van der Waals surface area contributed by atoms with Gasteiger partial charge in [0.25, 0.3) is 0 Å². The van der Waals surface area contributed by atoms with Crippen molar-refractivity contribution in [3.8, 4) is 11.3 Å². The van der Waals surface area contributed by atoms with Gasteiger partial charge in [-0.25, -0.2) is 9.97 Å². The number of rotatable bonds is 7. The molecule has 2 unspecified atom stereocenters. The van der Waals surface area contributed by atoms with Crippen LogP contribution in [0.3, 0.4) is 0 Å². The third-order valence-electron chi connectivity index (χ3n) is 5.73. The Hall–Kier alpha value is -3.00. The molecule has 0 radical (unpaired) electrons. The van der Waals surface area contributed by atoms with Crippen molar-refractivity contribution in [2.75, 3.05) is 33.0 Å². The third-order valence-corrected chi connectivity index (χ3v) is 5.73. The van der Waals surface area contributed by atoms with Crippen LogP contribution in [-0.2, 0) is 0 Å².